The quantitative estimate of drug-likeness (QED) is 0.936. The summed E-state index contributed by atoms with van der Waals surface area (Å²) < 4.78 is 5.55. The number of ether oxygens (including phenoxy) is 1. The Hall–Kier alpha value is -1.23. The monoisotopic (exact) mass is 274 g/mol. The summed E-state index contributed by atoms with van der Waals surface area (Å²) in [5.41, 5.74) is 7.08. The SMILES string of the molecule is NCc1cnc(C2(c3ccccc3)CCOCC2)s1. The molecule has 2 heterocycles. The van der Waals surface area contributed by atoms with Crippen LogP contribution < -0.4 is 5.73 Å². The first-order valence-corrected chi connectivity index (χ1v) is 7.45. The molecule has 3 rings (SSSR count). The third kappa shape index (κ3) is 2.31. The third-order valence-electron chi connectivity index (χ3n) is 3.84. The minimum Gasteiger partial charge on any atom is -0.381 e. The molecule has 0 spiro atoms. The van der Waals surface area contributed by atoms with Crippen molar-refractivity contribution < 1.29 is 4.74 Å². The zero-order chi connectivity index (χ0) is 13.1. The van der Waals surface area contributed by atoms with Gasteiger partial charge in [-0.2, -0.15) is 0 Å². The molecule has 2 aromatic rings. The maximum Gasteiger partial charge on any atom is 0.104 e. The number of nitrogens with two attached hydrogens (primary N) is 1. The number of hydrogen-bond acceptors (Lipinski definition) is 4. The van der Waals surface area contributed by atoms with E-state index in [2.05, 4.69) is 35.3 Å². The van der Waals surface area contributed by atoms with E-state index < -0.39 is 0 Å². The van der Waals surface area contributed by atoms with Gasteiger partial charge in [0.05, 0.1) is 5.41 Å². The highest BCUT2D eigenvalue weighted by atomic mass is 32.1. The van der Waals surface area contributed by atoms with Crippen molar-refractivity contribution in [2.75, 3.05) is 13.2 Å². The largest absolute Gasteiger partial charge is 0.381 e. The van der Waals surface area contributed by atoms with E-state index in [0.29, 0.717) is 6.54 Å². The molecule has 0 aliphatic carbocycles. The first-order chi connectivity index (χ1) is 9.35. The second-order valence-corrected chi connectivity index (χ2v) is 6.01. The Kier molecular flexibility index (Phi) is 3.64. The molecular weight excluding hydrogens is 256 g/mol. The van der Waals surface area contributed by atoms with Crippen molar-refractivity contribution in [2.45, 2.75) is 24.8 Å². The Morgan fingerprint density at radius 1 is 1.21 bits per heavy atom. The van der Waals surface area contributed by atoms with E-state index >= 15 is 0 Å². The highest BCUT2D eigenvalue weighted by molar-refractivity contribution is 7.11. The minimum absolute atomic E-state index is 0.0115. The van der Waals surface area contributed by atoms with Crippen molar-refractivity contribution in [3.8, 4) is 0 Å². The van der Waals surface area contributed by atoms with E-state index in [0.717, 1.165) is 30.9 Å². The van der Waals surface area contributed by atoms with Crippen molar-refractivity contribution in [3.63, 3.8) is 0 Å². The Labute approximate surface area is 117 Å². The molecule has 1 aliphatic heterocycles. The molecule has 4 heteroatoms. The molecule has 0 bridgehead atoms. The fourth-order valence-corrected chi connectivity index (χ4v) is 3.79. The van der Waals surface area contributed by atoms with Gasteiger partial charge in [-0.1, -0.05) is 30.3 Å². The van der Waals surface area contributed by atoms with Crippen LogP contribution in [0.1, 0.15) is 28.3 Å². The lowest BCUT2D eigenvalue weighted by molar-refractivity contribution is 0.0630. The van der Waals surface area contributed by atoms with Gasteiger partial charge in [0.2, 0.25) is 0 Å². The summed E-state index contributed by atoms with van der Waals surface area (Å²) in [5.74, 6) is 0. The third-order valence-corrected chi connectivity index (χ3v) is 5.06. The highest BCUT2D eigenvalue weighted by Crippen LogP contribution is 2.42. The fourth-order valence-electron chi connectivity index (χ4n) is 2.73. The summed E-state index contributed by atoms with van der Waals surface area (Å²) in [6.45, 7) is 2.16. The first-order valence-electron chi connectivity index (χ1n) is 6.64. The second-order valence-electron chi connectivity index (χ2n) is 4.90. The van der Waals surface area contributed by atoms with E-state index in [9.17, 15) is 0 Å². The molecule has 1 fully saturated rings. The molecule has 0 unspecified atom stereocenters. The van der Waals surface area contributed by atoms with Gasteiger partial charge in [-0.05, 0) is 18.4 Å². The van der Waals surface area contributed by atoms with Crippen LogP contribution in [0.15, 0.2) is 36.5 Å². The van der Waals surface area contributed by atoms with Crippen molar-refractivity contribution in [1.82, 2.24) is 4.98 Å². The Balaban J connectivity index is 2.06. The molecule has 3 nitrogen and oxygen atoms in total. The smallest absolute Gasteiger partial charge is 0.104 e. The lowest BCUT2D eigenvalue weighted by Gasteiger charge is -2.36. The topological polar surface area (TPSA) is 48.1 Å². The summed E-state index contributed by atoms with van der Waals surface area (Å²) in [7, 11) is 0. The van der Waals surface area contributed by atoms with Crippen LogP contribution >= 0.6 is 11.3 Å². The van der Waals surface area contributed by atoms with Gasteiger partial charge in [0.15, 0.2) is 0 Å². The molecule has 0 amide bonds. The maximum absolute atomic E-state index is 5.72. The molecule has 0 radical (unpaired) electrons. The van der Waals surface area contributed by atoms with Crippen molar-refractivity contribution in [1.29, 1.82) is 0 Å². The molecule has 0 atom stereocenters. The van der Waals surface area contributed by atoms with Gasteiger partial charge in [-0.15, -0.1) is 11.3 Å². The van der Waals surface area contributed by atoms with Crippen LogP contribution in [0.25, 0.3) is 0 Å². The average molecular weight is 274 g/mol. The normalized spacial score (nSPS) is 18.4. The molecule has 1 saturated heterocycles. The zero-order valence-electron chi connectivity index (χ0n) is 10.8. The number of hydrogen-bond donors (Lipinski definition) is 1. The average Bonchev–Trinajstić information content (AvgIpc) is 2.98. The molecule has 0 saturated carbocycles. The van der Waals surface area contributed by atoms with Crippen LogP contribution in [0.4, 0.5) is 0 Å². The van der Waals surface area contributed by atoms with Crippen LogP contribution in [0.3, 0.4) is 0 Å². The van der Waals surface area contributed by atoms with E-state index in [4.69, 9.17) is 10.5 Å². The Morgan fingerprint density at radius 2 is 1.95 bits per heavy atom. The van der Waals surface area contributed by atoms with Gasteiger partial charge in [0, 0.05) is 30.8 Å². The predicted octanol–water partition coefficient (Wildman–Crippen LogP) is 2.70. The van der Waals surface area contributed by atoms with E-state index in [1.807, 2.05) is 6.20 Å². The molecule has 19 heavy (non-hydrogen) atoms. The minimum atomic E-state index is 0.0115. The second kappa shape index (κ2) is 5.41. The number of benzene rings is 1. The van der Waals surface area contributed by atoms with Gasteiger partial charge in [0.1, 0.15) is 5.01 Å². The van der Waals surface area contributed by atoms with E-state index in [1.165, 1.54) is 10.6 Å². The van der Waals surface area contributed by atoms with Crippen LogP contribution in [0.5, 0.6) is 0 Å². The van der Waals surface area contributed by atoms with Crippen LogP contribution in [0, 0.1) is 0 Å². The van der Waals surface area contributed by atoms with Crippen molar-refractivity contribution in [2.24, 2.45) is 5.73 Å². The molecule has 1 aromatic heterocycles. The molecule has 1 aromatic carbocycles. The number of thiazole rings is 1. The lowest BCUT2D eigenvalue weighted by atomic mass is 9.75. The summed E-state index contributed by atoms with van der Waals surface area (Å²) >= 11 is 1.74. The van der Waals surface area contributed by atoms with Gasteiger partial charge < -0.3 is 10.5 Å². The molecular formula is C15H18N2OS. The van der Waals surface area contributed by atoms with Gasteiger partial charge in [-0.25, -0.2) is 4.98 Å². The Morgan fingerprint density at radius 3 is 2.58 bits per heavy atom. The predicted molar refractivity (Wildman–Crippen MR) is 77.3 cm³/mol. The summed E-state index contributed by atoms with van der Waals surface area (Å²) in [6, 6.07) is 10.7. The number of nitrogens with zero attached hydrogens (tertiary/aromatic N) is 1. The zero-order valence-corrected chi connectivity index (χ0v) is 11.7. The molecule has 2 N–H and O–H groups in total. The van der Waals surface area contributed by atoms with E-state index in [1.54, 1.807) is 11.3 Å². The van der Waals surface area contributed by atoms with Crippen molar-refractivity contribution in [3.05, 3.63) is 52.0 Å². The fraction of sp³-hybridized carbons (Fsp3) is 0.400. The van der Waals surface area contributed by atoms with Crippen LogP contribution in [-0.4, -0.2) is 18.2 Å². The van der Waals surface area contributed by atoms with Crippen LogP contribution in [0.2, 0.25) is 0 Å². The Bertz CT molecular complexity index is 532. The number of aromatic nitrogens is 1. The van der Waals surface area contributed by atoms with Gasteiger partial charge >= 0.3 is 0 Å². The van der Waals surface area contributed by atoms with Crippen molar-refractivity contribution >= 4 is 11.3 Å². The summed E-state index contributed by atoms with van der Waals surface area (Å²) in [4.78, 5) is 5.79. The van der Waals surface area contributed by atoms with Gasteiger partial charge in [0.25, 0.3) is 0 Å². The maximum atomic E-state index is 5.72. The van der Waals surface area contributed by atoms with Crippen LogP contribution in [-0.2, 0) is 16.7 Å². The van der Waals surface area contributed by atoms with Gasteiger partial charge in [-0.3, -0.25) is 0 Å². The highest BCUT2D eigenvalue weighted by Gasteiger charge is 2.38. The number of rotatable bonds is 3. The van der Waals surface area contributed by atoms with E-state index in [-0.39, 0.29) is 5.41 Å². The summed E-state index contributed by atoms with van der Waals surface area (Å²) in [5, 5.41) is 1.18. The standard InChI is InChI=1S/C15H18N2OS/c16-10-13-11-17-14(19-13)15(6-8-18-9-7-15)12-4-2-1-3-5-12/h1-5,11H,6-10,16H2. The summed E-state index contributed by atoms with van der Waals surface area (Å²) in [6.07, 6.45) is 3.91. The molecule has 1 aliphatic rings. The molecule has 100 valence electrons. The lowest BCUT2D eigenvalue weighted by Crippen LogP contribution is -2.34. The first kappa shape index (κ1) is 12.8.